The van der Waals surface area contributed by atoms with Crippen LogP contribution >= 0.6 is 0 Å². The normalized spacial score (nSPS) is 13.9. The maximum Gasteiger partial charge on any atom is 0.0739 e. The molecule has 1 aromatic carbocycles. The Hall–Kier alpha value is -2.41. The van der Waals surface area contributed by atoms with Crippen molar-refractivity contribution in [2.75, 3.05) is 0 Å². The van der Waals surface area contributed by atoms with E-state index < -0.39 is 0 Å². The third kappa shape index (κ3) is 3.83. The van der Waals surface area contributed by atoms with Crippen molar-refractivity contribution in [3.05, 3.63) is 81.6 Å². The lowest BCUT2D eigenvalue weighted by atomic mass is 9.83. The van der Waals surface area contributed by atoms with Crippen molar-refractivity contribution in [2.45, 2.75) is 60.8 Å². The molecule has 3 rings (SSSR count). The monoisotopic (exact) mass is 357 g/mol. The van der Waals surface area contributed by atoms with Crippen molar-refractivity contribution >= 4 is 16.5 Å². The van der Waals surface area contributed by atoms with E-state index in [2.05, 4.69) is 71.9 Å². The highest BCUT2D eigenvalue weighted by Crippen LogP contribution is 2.37. The highest BCUT2D eigenvalue weighted by molar-refractivity contribution is 5.94. The average Bonchev–Trinajstić information content (AvgIpc) is 2.65. The minimum atomic E-state index is 1.03. The molecule has 140 valence electrons. The molecule has 0 N–H and O–H groups in total. The van der Waals surface area contributed by atoms with Gasteiger partial charge in [-0.1, -0.05) is 48.4 Å². The number of aromatic nitrogens is 1. The first-order valence-electron chi connectivity index (χ1n) is 10.0. The van der Waals surface area contributed by atoms with Crippen LogP contribution in [0.2, 0.25) is 0 Å². The van der Waals surface area contributed by atoms with Crippen LogP contribution in [0.25, 0.3) is 16.5 Å². The summed E-state index contributed by atoms with van der Waals surface area (Å²) in [4.78, 5) is 4.89. The molecule has 0 radical (unpaired) electrons. The number of allylic oxidation sites excluding steroid dienone is 4. The summed E-state index contributed by atoms with van der Waals surface area (Å²) in [5.41, 5.74) is 12.2. The molecule has 0 bridgehead atoms. The second-order valence-electron chi connectivity index (χ2n) is 7.78. The Labute approximate surface area is 164 Å². The molecule has 0 spiro atoms. The van der Waals surface area contributed by atoms with Crippen molar-refractivity contribution in [2.24, 2.45) is 0 Å². The van der Waals surface area contributed by atoms with Gasteiger partial charge in [0.25, 0.3) is 0 Å². The van der Waals surface area contributed by atoms with E-state index in [1.165, 1.54) is 49.9 Å². The van der Waals surface area contributed by atoms with E-state index in [9.17, 15) is 0 Å². The number of hydrogen-bond acceptors (Lipinski definition) is 1. The maximum absolute atomic E-state index is 4.89. The Bertz CT molecular complexity index is 1000. The summed E-state index contributed by atoms with van der Waals surface area (Å²) in [6.07, 6.45) is 9.87. The number of fused-ring (bicyclic) bond motifs is 1. The molecular weight excluding hydrogens is 326 g/mol. The molecule has 1 heteroatoms. The van der Waals surface area contributed by atoms with Gasteiger partial charge in [-0.15, -0.1) is 0 Å². The molecule has 1 nitrogen and oxygen atoms in total. The van der Waals surface area contributed by atoms with Gasteiger partial charge in [-0.2, -0.15) is 0 Å². The molecule has 0 aliphatic heterocycles. The first kappa shape index (κ1) is 19.4. The van der Waals surface area contributed by atoms with Crippen LogP contribution in [-0.4, -0.2) is 4.98 Å². The second-order valence-corrected chi connectivity index (χ2v) is 7.78. The van der Waals surface area contributed by atoms with E-state index >= 15 is 0 Å². The molecule has 1 aromatic heterocycles. The molecule has 27 heavy (non-hydrogen) atoms. The molecule has 0 amide bonds. The summed E-state index contributed by atoms with van der Waals surface area (Å²) < 4.78 is 0. The van der Waals surface area contributed by atoms with E-state index in [0.717, 1.165) is 24.8 Å². The van der Waals surface area contributed by atoms with Gasteiger partial charge in [-0.3, -0.25) is 4.98 Å². The fourth-order valence-corrected chi connectivity index (χ4v) is 4.22. The van der Waals surface area contributed by atoms with E-state index in [1.807, 2.05) is 12.3 Å². The first-order valence-corrected chi connectivity index (χ1v) is 10.0. The summed E-state index contributed by atoms with van der Waals surface area (Å²) in [6, 6.07) is 8.58. The van der Waals surface area contributed by atoms with Crippen molar-refractivity contribution in [3.8, 4) is 0 Å². The third-order valence-electron chi connectivity index (χ3n) is 5.77. The van der Waals surface area contributed by atoms with E-state index in [-0.39, 0.29) is 0 Å². The van der Waals surface area contributed by atoms with Crippen LogP contribution in [0.1, 0.15) is 60.1 Å². The Morgan fingerprint density at radius 2 is 1.67 bits per heavy atom. The fourth-order valence-electron chi connectivity index (χ4n) is 4.22. The van der Waals surface area contributed by atoms with Gasteiger partial charge in [0.15, 0.2) is 0 Å². The van der Waals surface area contributed by atoms with Gasteiger partial charge in [0, 0.05) is 11.6 Å². The van der Waals surface area contributed by atoms with Gasteiger partial charge in [0.05, 0.1) is 5.52 Å². The molecule has 0 saturated heterocycles. The standard InChI is InChI=1S/C26H31N/c1-7-23-20(5)26-24(19(4)13-10-17(2)9-8-16-27-26)21(6)25(23)22-14-11-18(3)12-15-22/h8-11,13-14,16H,7,12,15H2,1-6H3. The highest BCUT2D eigenvalue weighted by atomic mass is 14.6. The van der Waals surface area contributed by atoms with Gasteiger partial charge in [-0.25, -0.2) is 0 Å². The van der Waals surface area contributed by atoms with E-state index in [0.29, 0.717) is 0 Å². The molecule has 0 unspecified atom stereocenters. The quantitative estimate of drug-likeness (QED) is 0.550. The van der Waals surface area contributed by atoms with Crippen LogP contribution in [0.3, 0.4) is 0 Å². The van der Waals surface area contributed by atoms with Crippen molar-refractivity contribution in [3.63, 3.8) is 0 Å². The Kier molecular flexibility index (Phi) is 5.79. The molecule has 0 saturated carbocycles. The zero-order valence-electron chi connectivity index (χ0n) is 17.6. The van der Waals surface area contributed by atoms with E-state index in [4.69, 9.17) is 4.98 Å². The summed E-state index contributed by atoms with van der Waals surface area (Å²) in [5.74, 6) is 0. The number of aryl methyl sites for hydroxylation is 4. The number of benzene rings is 1. The molecule has 1 aliphatic rings. The van der Waals surface area contributed by atoms with Crippen LogP contribution in [0.4, 0.5) is 0 Å². The lowest BCUT2D eigenvalue weighted by Gasteiger charge is -2.22. The van der Waals surface area contributed by atoms with Gasteiger partial charge in [0.2, 0.25) is 0 Å². The van der Waals surface area contributed by atoms with Gasteiger partial charge >= 0.3 is 0 Å². The number of hydrogen-bond donors (Lipinski definition) is 0. The fraction of sp³-hybridized carbons (Fsp3) is 0.346. The molecule has 0 fully saturated rings. The Balaban J connectivity index is 2.48. The van der Waals surface area contributed by atoms with Gasteiger partial charge in [0.1, 0.15) is 0 Å². The molecule has 1 heterocycles. The maximum atomic E-state index is 4.89. The van der Waals surface area contributed by atoms with Crippen LogP contribution in [0.5, 0.6) is 0 Å². The predicted octanol–water partition coefficient (Wildman–Crippen LogP) is 7.28. The minimum absolute atomic E-state index is 1.03. The minimum Gasteiger partial charge on any atom is -0.256 e. The summed E-state index contributed by atoms with van der Waals surface area (Å²) in [6.45, 7) is 13.4. The van der Waals surface area contributed by atoms with Crippen LogP contribution in [0, 0.1) is 27.7 Å². The summed E-state index contributed by atoms with van der Waals surface area (Å²) in [7, 11) is 0. The molecule has 0 atom stereocenters. The Morgan fingerprint density at radius 1 is 0.889 bits per heavy atom. The Morgan fingerprint density at radius 3 is 2.33 bits per heavy atom. The van der Waals surface area contributed by atoms with Crippen molar-refractivity contribution < 1.29 is 0 Å². The summed E-state index contributed by atoms with van der Waals surface area (Å²) >= 11 is 0. The SMILES string of the molecule is CCc1c(C2=CC=C(C)CC2)c(C)c2c(C)ccc(C)cccnc2c1C. The van der Waals surface area contributed by atoms with Crippen molar-refractivity contribution in [1.29, 1.82) is 0 Å². The number of nitrogens with zero attached hydrogens (tertiary/aromatic N) is 1. The smallest absolute Gasteiger partial charge is 0.0739 e. The highest BCUT2D eigenvalue weighted by Gasteiger charge is 2.18. The largest absolute Gasteiger partial charge is 0.256 e. The first-order chi connectivity index (χ1) is 12.9. The molecule has 2 aromatic rings. The van der Waals surface area contributed by atoms with Crippen LogP contribution in [0.15, 0.2) is 48.2 Å². The van der Waals surface area contributed by atoms with Crippen LogP contribution < -0.4 is 0 Å². The van der Waals surface area contributed by atoms with Crippen molar-refractivity contribution in [1.82, 2.24) is 4.98 Å². The van der Waals surface area contributed by atoms with Crippen LogP contribution in [-0.2, 0) is 6.42 Å². The van der Waals surface area contributed by atoms with Gasteiger partial charge < -0.3 is 0 Å². The number of rotatable bonds is 2. The molecular formula is C26H31N. The molecule has 1 aliphatic carbocycles. The summed E-state index contributed by atoms with van der Waals surface area (Å²) in [5, 5.41) is 1.29. The lowest BCUT2D eigenvalue weighted by Crippen LogP contribution is -2.04. The zero-order chi connectivity index (χ0) is 19.6. The van der Waals surface area contributed by atoms with Gasteiger partial charge in [-0.05, 0) is 93.3 Å². The zero-order valence-corrected chi connectivity index (χ0v) is 17.6. The lowest BCUT2D eigenvalue weighted by molar-refractivity contribution is 0.967. The average molecular weight is 358 g/mol. The second kappa shape index (κ2) is 8.08. The van der Waals surface area contributed by atoms with E-state index in [1.54, 1.807) is 0 Å². The predicted molar refractivity (Wildman–Crippen MR) is 119 cm³/mol. The third-order valence-corrected chi connectivity index (χ3v) is 5.77. The topological polar surface area (TPSA) is 12.9 Å².